The van der Waals surface area contributed by atoms with Crippen LogP contribution in [0.3, 0.4) is 0 Å². The molecule has 3 N–H and O–H groups in total. The lowest BCUT2D eigenvalue weighted by Gasteiger charge is -2.18. The molecule has 2 nitrogen and oxygen atoms in total. The van der Waals surface area contributed by atoms with Crippen molar-refractivity contribution in [1.29, 1.82) is 0 Å². The number of nitrogens with two attached hydrogens (primary N) is 1. The summed E-state index contributed by atoms with van der Waals surface area (Å²) < 4.78 is 39.3. The summed E-state index contributed by atoms with van der Waals surface area (Å²) in [5, 5.41) is 0.199. The SMILES string of the molecule is NNC(Cc1cc(F)cc(F)c1)c1ccc(F)cc1Cl. The van der Waals surface area contributed by atoms with Gasteiger partial charge in [-0.1, -0.05) is 17.7 Å². The molecule has 0 spiro atoms. The van der Waals surface area contributed by atoms with Crippen LogP contribution in [0.5, 0.6) is 0 Å². The summed E-state index contributed by atoms with van der Waals surface area (Å²) in [5.74, 6) is 3.65. The fourth-order valence-electron chi connectivity index (χ4n) is 2.01. The summed E-state index contributed by atoms with van der Waals surface area (Å²) in [6, 6.07) is 6.63. The molecule has 20 heavy (non-hydrogen) atoms. The van der Waals surface area contributed by atoms with E-state index in [1.165, 1.54) is 24.3 Å². The standard InChI is InChI=1S/C14H12ClF3N2/c15-13-7-9(16)1-2-12(13)14(20-19)5-8-3-10(17)6-11(18)4-8/h1-4,6-7,14,20H,5,19H2. The van der Waals surface area contributed by atoms with Crippen molar-refractivity contribution in [2.24, 2.45) is 5.84 Å². The zero-order valence-electron chi connectivity index (χ0n) is 10.3. The molecule has 1 atom stereocenters. The molecule has 0 aliphatic rings. The lowest BCUT2D eigenvalue weighted by molar-refractivity contribution is 0.538. The third kappa shape index (κ3) is 3.50. The van der Waals surface area contributed by atoms with E-state index in [4.69, 9.17) is 17.4 Å². The summed E-state index contributed by atoms with van der Waals surface area (Å²) in [6.07, 6.45) is 0.219. The van der Waals surface area contributed by atoms with E-state index in [1.807, 2.05) is 0 Å². The monoisotopic (exact) mass is 300 g/mol. The molecule has 0 radical (unpaired) electrons. The molecule has 2 aromatic carbocycles. The van der Waals surface area contributed by atoms with Crippen molar-refractivity contribution in [3.05, 3.63) is 70.0 Å². The number of hydrogen-bond acceptors (Lipinski definition) is 2. The zero-order chi connectivity index (χ0) is 14.7. The van der Waals surface area contributed by atoms with Gasteiger partial charge < -0.3 is 0 Å². The summed E-state index contributed by atoms with van der Waals surface area (Å²) in [4.78, 5) is 0. The lowest BCUT2D eigenvalue weighted by atomic mass is 9.99. The van der Waals surface area contributed by atoms with E-state index in [2.05, 4.69) is 5.43 Å². The average Bonchev–Trinajstić information content (AvgIpc) is 2.35. The van der Waals surface area contributed by atoms with Gasteiger partial charge in [-0.3, -0.25) is 11.3 Å². The Kier molecular flexibility index (Phi) is 4.65. The molecule has 106 valence electrons. The van der Waals surface area contributed by atoms with Crippen molar-refractivity contribution in [2.75, 3.05) is 0 Å². The first-order valence-electron chi connectivity index (χ1n) is 5.85. The van der Waals surface area contributed by atoms with E-state index < -0.39 is 23.5 Å². The maximum absolute atomic E-state index is 13.1. The molecule has 0 saturated carbocycles. The van der Waals surface area contributed by atoms with Crippen molar-refractivity contribution in [3.8, 4) is 0 Å². The van der Waals surface area contributed by atoms with Gasteiger partial charge in [0.1, 0.15) is 17.5 Å². The molecule has 0 aliphatic heterocycles. The number of rotatable bonds is 4. The lowest BCUT2D eigenvalue weighted by Crippen LogP contribution is -2.29. The summed E-state index contributed by atoms with van der Waals surface area (Å²) in [5.41, 5.74) is 3.49. The topological polar surface area (TPSA) is 38.0 Å². The normalized spacial score (nSPS) is 12.4. The van der Waals surface area contributed by atoms with E-state index >= 15 is 0 Å². The minimum Gasteiger partial charge on any atom is -0.271 e. The first kappa shape index (κ1) is 14.8. The molecule has 0 bridgehead atoms. The Labute approximate surface area is 119 Å². The van der Waals surface area contributed by atoms with Crippen molar-refractivity contribution < 1.29 is 13.2 Å². The summed E-state index contributed by atoms with van der Waals surface area (Å²) in [6.45, 7) is 0. The molecule has 6 heteroatoms. The van der Waals surface area contributed by atoms with Crippen LogP contribution in [-0.2, 0) is 6.42 Å². The van der Waals surface area contributed by atoms with Gasteiger partial charge in [0.25, 0.3) is 0 Å². The Morgan fingerprint density at radius 2 is 1.65 bits per heavy atom. The minimum absolute atomic E-state index is 0.199. The Bertz CT molecular complexity index is 599. The number of hydrogen-bond donors (Lipinski definition) is 2. The fourth-order valence-corrected chi connectivity index (χ4v) is 2.31. The molecule has 0 aliphatic carbocycles. The van der Waals surface area contributed by atoms with Gasteiger partial charge in [0.05, 0.1) is 6.04 Å². The second-order valence-corrected chi connectivity index (χ2v) is 4.77. The number of nitrogens with one attached hydrogen (secondary N) is 1. The predicted octanol–water partition coefficient (Wildman–Crippen LogP) is 3.50. The van der Waals surface area contributed by atoms with Gasteiger partial charge in [0, 0.05) is 11.1 Å². The summed E-state index contributed by atoms with van der Waals surface area (Å²) in [7, 11) is 0. The van der Waals surface area contributed by atoms with E-state index in [0.717, 1.165) is 12.1 Å². The fraction of sp³-hybridized carbons (Fsp3) is 0.143. The zero-order valence-corrected chi connectivity index (χ0v) is 11.1. The number of benzene rings is 2. The van der Waals surface area contributed by atoms with Crippen LogP contribution in [0, 0.1) is 17.5 Å². The smallest absolute Gasteiger partial charge is 0.126 e. The van der Waals surface area contributed by atoms with Crippen molar-refractivity contribution in [2.45, 2.75) is 12.5 Å². The Morgan fingerprint density at radius 3 is 2.20 bits per heavy atom. The quantitative estimate of drug-likeness (QED) is 0.670. The van der Waals surface area contributed by atoms with Crippen LogP contribution in [0.4, 0.5) is 13.2 Å². The predicted molar refractivity (Wildman–Crippen MR) is 71.5 cm³/mol. The third-order valence-electron chi connectivity index (χ3n) is 2.90. The van der Waals surface area contributed by atoms with Crippen molar-refractivity contribution in [3.63, 3.8) is 0 Å². The summed E-state index contributed by atoms with van der Waals surface area (Å²) >= 11 is 5.95. The van der Waals surface area contributed by atoms with E-state index in [-0.39, 0.29) is 11.4 Å². The van der Waals surface area contributed by atoms with Gasteiger partial charge >= 0.3 is 0 Å². The van der Waals surface area contributed by atoms with Gasteiger partial charge in [0.15, 0.2) is 0 Å². The maximum atomic E-state index is 13.1. The largest absolute Gasteiger partial charge is 0.271 e. The molecule has 0 heterocycles. The highest BCUT2D eigenvalue weighted by Gasteiger charge is 2.15. The second-order valence-electron chi connectivity index (χ2n) is 4.37. The number of hydrazine groups is 1. The minimum atomic E-state index is -0.666. The van der Waals surface area contributed by atoms with Crippen molar-refractivity contribution >= 4 is 11.6 Å². The Hall–Kier alpha value is -1.56. The van der Waals surface area contributed by atoms with Gasteiger partial charge in [-0.05, 0) is 41.8 Å². The van der Waals surface area contributed by atoms with Gasteiger partial charge in [-0.2, -0.15) is 0 Å². The molecule has 2 rings (SSSR count). The average molecular weight is 301 g/mol. The van der Waals surface area contributed by atoms with Crippen LogP contribution >= 0.6 is 11.6 Å². The molecule has 0 fully saturated rings. The maximum Gasteiger partial charge on any atom is 0.126 e. The number of halogens is 4. The van der Waals surface area contributed by atoms with Crippen LogP contribution in [0.2, 0.25) is 5.02 Å². The van der Waals surface area contributed by atoms with Crippen LogP contribution in [0.25, 0.3) is 0 Å². The van der Waals surface area contributed by atoms with E-state index in [9.17, 15) is 13.2 Å². The van der Waals surface area contributed by atoms with Gasteiger partial charge in [-0.15, -0.1) is 0 Å². The molecule has 2 aromatic rings. The molecule has 1 unspecified atom stereocenters. The van der Waals surface area contributed by atoms with Crippen molar-refractivity contribution in [1.82, 2.24) is 5.43 Å². The van der Waals surface area contributed by atoms with Crippen LogP contribution in [0.1, 0.15) is 17.2 Å². The first-order chi connectivity index (χ1) is 9.49. The van der Waals surface area contributed by atoms with Gasteiger partial charge in [0.2, 0.25) is 0 Å². The highest BCUT2D eigenvalue weighted by atomic mass is 35.5. The molecule has 0 saturated heterocycles. The van der Waals surface area contributed by atoms with Gasteiger partial charge in [-0.25, -0.2) is 13.2 Å². The van der Waals surface area contributed by atoms with Crippen LogP contribution in [0.15, 0.2) is 36.4 Å². The van der Waals surface area contributed by atoms with E-state index in [1.54, 1.807) is 0 Å². The highest BCUT2D eigenvalue weighted by Crippen LogP contribution is 2.26. The second kappa shape index (κ2) is 6.26. The Balaban J connectivity index is 2.28. The highest BCUT2D eigenvalue weighted by molar-refractivity contribution is 6.31. The third-order valence-corrected chi connectivity index (χ3v) is 3.23. The van der Waals surface area contributed by atoms with E-state index in [0.29, 0.717) is 11.1 Å². The van der Waals surface area contributed by atoms with Crippen LogP contribution in [-0.4, -0.2) is 0 Å². The molecule has 0 amide bonds. The molecular weight excluding hydrogens is 289 g/mol. The van der Waals surface area contributed by atoms with Crippen LogP contribution < -0.4 is 11.3 Å². The molecule has 0 aromatic heterocycles. The Morgan fingerprint density at radius 1 is 1.00 bits per heavy atom. The molecular formula is C14H12ClF3N2. The first-order valence-corrected chi connectivity index (χ1v) is 6.23.